The molecule has 4 heterocycles. The zero-order chi connectivity index (χ0) is 21.0. The highest BCUT2D eigenvalue weighted by Crippen LogP contribution is 2.39. The summed E-state index contributed by atoms with van der Waals surface area (Å²) in [6.45, 7) is 3.09. The van der Waals surface area contributed by atoms with Crippen molar-refractivity contribution in [1.29, 1.82) is 0 Å². The van der Waals surface area contributed by atoms with Crippen LogP contribution in [0.3, 0.4) is 0 Å². The van der Waals surface area contributed by atoms with Crippen LogP contribution < -0.4 is 0 Å². The summed E-state index contributed by atoms with van der Waals surface area (Å²) in [5, 5.41) is 30.9. The standard InChI is InChI=1S/C22H38O8/c23-7-2-1-6-22(10-18-14-28-18,11-19-15-29-19)30-20(24)4-3-5-21(25,8-16-12-26-16)9-17-13-27-17/h16-20,23-25H,1-15H2. The van der Waals surface area contributed by atoms with Gasteiger partial charge in [0, 0.05) is 32.3 Å². The van der Waals surface area contributed by atoms with E-state index < -0.39 is 17.5 Å². The van der Waals surface area contributed by atoms with Crippen LogP contribution in [0, 0.1) is 0 Å². The van der Waals surface area contributed by atoms with Gasteiger partial charge >= 0.3 is 0 Å². The fourth-order valence-electron chi connectivity index (χ4n) is 4.66. The lowest BCUT2D eigenvalue weighted by Gasteiger charge is -2.36. The van der Waals surface area contributed by atoms with Crippen LogP contribution in [0.4, 0.5) is 0 Å². The number of epoxide rings is 4. The van der Waals surface area contributed by atoms with E-state index in [9.17, 15) is 15.3 Å². The Morgan fingerprint density at radius 3 is 1.73 bits per heavy atom. The first-order chi connectivity index (χ1) is 14.5. The average molecular weight is 431 g/mol. The first-order valence-electron chi connectivity index (χ1n) is 11.6. The van der Waals surface area contributed by atoms with Gasteiger partial charge in [0.05, 0.1) is 62.0 Å². The quantitative estimate of drug-likeness (QED) is 0.169. The van der Waals surface area contributed by atoms with E-state index in [-0.39, 0.29) is 31.0 Å². The van der Waals surface area contributed by atoms with Gasteiger partial charge < -0.3 is 39.0 Å². The van der Waals surface area contributed by atoms with Gasteiger partial charge in [-0.05, 0) is 38.5 Å². The molecule has 0 aromatic carbocycles. The van der Waals surface area contributed by atoms with Crippen LogP contribution >= 0.6 is 0 Å². The van der Waals surface area contributed by atoms with E-state index >= 15 is 0 Å². The van der Waals surface area contributed by atoms with Crippen molar-refractivity contribution in [2.75, 3.05) is 33.0 Å². The Morgan fingerprint density at radius 1 is 0.767 bits per heavy atom. The zero-order valence-corrected chi connectivity index (χ0v) is 17.9. The maximum absolute atomic E-state index is 11.0. The third kappa shape index (κ3) is 7.98. The Kier molecular flexibility index (Phi) is 7.68. The molecule has 8 heteroatoms. The van der Waals surface area contributed by atoms with Crippen molar-refractivity contribution < 1.29 is 39.0 Å². The molecule has 3 N–H and O–H groups in total. The second kappa shape index (κ2) is 10.1. The molecule has 5 atom stereocenters. The van der Waals surface area contributed by atoms with Crippen molar-refractivity contribution in [2.24, 2.45) is 0 Å². The number of rotatable bonds is 18. The summed E-state index contributed by atoms with van der Waals surface area (Å²) in [6, 6.07) is 0. The molecule has 4 rings (SSSR count). The molecule has 0 aliphatic carbocycles. The molecule has 0 aromatic rings. The van der Waals surface area contributed by atoms with Gasteiger partial charge in [0.25, 0.3) is 0 Å². The van der Waals surface area contributed by atoms with Crippen molar-refractivity contribution in [3.63, 3.8) is 0 Å². The molecular weight excluding hydrogens is 392 g/mol. The molecule has 4 fully saturated rings. The van der Waals surface area contributed by atoms with E-state index in [1.807, 2.05) is 0 Å². The number of hydrogen-bond acceptors (Lipinski definition) is 8. The van der Waals surface area contributed by atoms with Gasteiger partial charge in [-0.15, -0.1) is 0 Å². The monoisotopic (exact) mass is 430 g/mol. The van der Waals surface area contributed by atoms with E-state index in [2.05, 4.69) is 0 Å². The second-order valence-corrected chi connectivity index (χ2v) is 9.69. The molecule has 4 aliphatic heterocycles. The number of unbranched alkanes of at least 4 members (excludes halogenated alkanes) is 1. The molecule has 4 saturated heterocycles. The maximum Gasteiger partial charge on any atom is 0.155 e. The second-order valence-electron chi connectivity index (χ2n) is 9.69. The molecule has 0 amide bonds. The SMILES string of the molecule is OCCCCC(CC1CO1)(CC1CO1)OC(O)CCCC(O)(CC1CO1)CC1CO1. The molecule has 0 spiro atoms. The Hall–Kier alpha value is -0.320. The minimum Gasteiger partial charge on any atom is -0.396 e. The van der Waals surface area contributed by atoms with Crippen molar-refractivity contribution in [3.05, 3.63) is 0 Å². The van der Waals surface area contributed by atoms with Crippen LogP contribution in [0.5, 0.6) is 0 Å². The van der Waals surface area contributed by atoms with Crippen molar-refractivity contribution in [1.82, 2.24) is 0 Å². The molecule has 4 aliphatic rings. The minimum atomic E-state index is -0.893. The van der Waals surface area contributed by atoms with Crippen LogP contribution in [0.2, 0.25) is 0 Å². The lowest BCUT2D eigenvalue weighted by Crippen LogP contribution is -2.40. The van der Waals surface area contributed by atoms with Gasteiger partial charge in [0.15, 0.2) is 6.29 Å². The maximum atomic E-state index is 11.0. The number of aliphatic hydroxyl groups excluding tert-OH is 2. The first-order valence-corrected chi connectivity index (χ1v) is 11.6. The third-order valence-corrected chi connectivity index (χ3v) is 6.54. The molecule has 0 aromatic heterocycles. The predicted octanol–water partition coefficient (Wildman–Crippen LogP) is 1.28. The Balaban J connectivity index is 1.27. The van der Waals surface area contributed by atoms with Gasteiger partial charge in [-0.2, -0.15) is 0 Å². The highest BCUT2D eigenvalue weighted by Gasteiger charge is 2.45. The molecular formula is C22H38O8. The summed E-state index contributed by atoms with van der Waals surface area (Å²) < 4.78 is 27.8. The van der Waals surface area contributed by atoms with Gasteiger partial charge in [-0.25, -0.2) is 0 Å². The summed E-state index contributed by atoms with van der Waals surface area (Å²) in [7, 11) is 0. The van der Waals surface area contributed by atoms with E-state index in [0.717, 1.165) is 58.5 Å². The zero-order valence-electron chi connectivity index (χ0n) is 17.9. The number of ether oxygens (including phenoxy) is 5. The van der Waals surface area contributed by atoms with E-state index in [4.69, 9.17) is 23.7 Å². The van der Waals surface area contributed by atoms with Crippen molar-refractivity contribution >= 4 is 0 Å². The van der Waals surface area contributed by atoms with Crippen LogP contribution in [-0.4, -0.2) is 90.3 Å². The van der Waals surface area contributed by atoms with Gasteiger partial charge in [0.1, 0.15) is 0 Å². The molecule has 8 nitrogen and oxygen atoms in total. The average Bonchev–Trinajstić information content (AvgIpc) is 3.51. The Labute approximate surface area is 178 Å². The molecule has 174 valence electrons. The largest absolute Gasteiger partial charge is 0.396 e. The summed E-state index contributed by atoms with van der Waals surface area (Å²) in [5.41, 5.74) is -1.29. The van der Waals surface area contributed by atoms with Crippen LogP contribution in [0.1, 0.15) is 64.2 Å². The molecule has 0 radical (unpaired) electrons. The number of aliphatic hydroxyl groups is 3. The Bertz CT molecular complexity index is 499. The topological polar surface area (TPSA) is 120 Å². The summed E-state index contributed by atoms with van der Waals surface area (Å²) in [6.07, 6.45) is 6.63. The van der Waals surface area contributed by atoms with Gasteiger partial charge in [0.2, 0.25) is 0 Å². The highest BCUT2D eigenvalue weighted by molar-refractivity contribution is 4.94. The molecule has 0 bridgehead atoms. The smallest absolute Gasteiger partial charge is 0.155 e. The Morgan fingerprint density at radius 2 is 1.27 bits per heavy atom. The third-order valence-electron chi connectivity index (χ3n) is 6.54. The number of hydrogen-bond donors (Lipinski definition) is 3. The molecule has 5 unspecified atom stereocenters. The minimum absolute atomic E-state index is 0.159. The lowest BCUT2D eigenvalue weighted by atomic mass is 9.86. The fraction of sp³-hybridized carbons (Fsp3) is 1.00. The van der Waals surface area contributed by atoms with E-state index in [0.29, 0.717) is 32.1 Å². The van der Waals surface area contributed by atoms with Crippen LogP contribution in [0.25, 0.3) is 0 Å². The summed E-state index contributed by atoms with van der Waals surface area (Å²) in [4.78, 5) is 0. The van der Waals surface area contributed by atoms with E-state index in [1.54, 1.807) is 0 Å². The summed E-state index contributed by atoms with van der Waals surface area (Å²) >= 11 is 0. The first kappa shape index (κ1) is 22.9. The summed E-state index contributed by atoms with van der Waals surface area (Å²) in [5.74, 6) is 0. The van der Waals surface area contributed by atoms with Gasteiger partial charge in [-0.3, -0.25) is 0 Å². The van der Waals surface area contributed by atoms with E-state index in [1.165, 1.54) is 0 Å². The molecule has 0 saturated carbocycles. The lowest BCUT2D eigenvalue weighted by molar-refractivity contribution is -0.201. The highest BCUT2D eigenvalue weighted by atomic mass is 16.6. The van der Waals surface area contributed by atoms with Crippen molar-refractivity contribution in [3.8, 4) is 0 Å². The van der Waals surface area contributed by atoms with Crippen molar-refractivity contribution in [2.45, 2.75) is 106 Å². The molecule has 30 heavy (non-hydrogen) atoms. The predicted molar refractivity (Wildman–Crippen MR) is 107 cm³/mol. The van der Waals surface area contributed by atoms with Crippen LogP contribution in [-0.2, 0) is 23.7 Å². The fourth-order valence-corrected chi connectivity index (χ4v) is 4.66. The van der Waals surface area contributed by atoms with Crippen LogP contribution in [0.15, 0.2) is 0 Å². The van der Waals surface area contributed by atoms with Gasteiger partial charge in [-0.1, -0.05) is 0 Å². The normalized spacial score (nSPS) is 34.1.